The minimum atomic E-state index is -0.0575. The first-order chi connectivity index (χ1) is 30.5. The zero-order valence-corrected chi connectivity index (χ0v) is 39.1. The number of nitrogens with one attached hydrogen (secondary N) is 2. The lowest BCUT2D eigenvalue weighted by Crippen LogP contribution is -2.24. The zero-order chi connectivity index (χ0) is 45.3. The fourth-order valence-electron chi connectivity index (χ4n) is 8.32. The summed E-state index contributed by atoms with van der Waals surface area (Å²) in [6.45, 7) is 16.0. The van der Waals surface area contributed by atoms with E-state index in [1.54, 1.807) is 40.2 Å². The fourth-order valence-corrected chi connectivity index (χ4v) is 8.32. The SMILES string of the molecule is CCCC(CNc1cc(OCc2cccc(COc3cc(NCC(Cc4ccccc4CC)C(C)CC)c(C(C)=O)cc3OC)n2)c(OC)cc1C(C)=O)Cc1ccccc1CC. The number of pyridine rings is 1. The summed E-state index contributed by atoms with van der Waals surface area (Å²) < 4.78 is 24.2. The molecule has 0 saturated carbocycles. The van der Waals surface area contributed by atoms with Crippen molar-refractivity contribution in [3.8, 4) is 23.0 Å². The van der Waals surface area contributed by atoms with Gasteiger partial charge in [0, 0.05) is 47.7 Å². The van der Waals surface area contributed by atoms with E-state index >= 15 is 0 Å². The van der Waals surface area contributed by atoms with Gasteiger partial charge < -0.3 is 29.6 Å². The largest absolute Gasteiger partial charge is 0.493 e. The first-order valence-corrected chi connectivity index (χ1v) is 22.8. The Morgan fingerprint density at radius 3 is 1.52 bits per heavy atom. The van der Waals surface area contributed by atoms with E-state index in [2.05, 4.69) is 93.8 Å². The molecule has 3 atom stereocenters. The van der Waals surface area contributed by atoms with Gasteiger partial charge in [0.1, 0.15) is 13.2 Å². The highest BCUT2D eigenvalue weighted by Gasteiger charge is 2.22. The average molecular weight is 856 g/mol. The van der Waals surface area contributed by atoms with Crippen LogP contribution >= 0.6 is 0 Å². The Morgan fingerprint density at radius 1 is 0.603 bits per heavy atom. The molecule has 0 fully saturated rings. The Kier molecular flexibility index (Phi) is 18.5. The van der Waals surface area contributed by atoms with Gasteiger partial charge in [0.25, 0.3) is 0 Å². The first-order valence-electron chi connectivity index (χ1n) is 22.8. The number of anilines is 2. The van der Waals surface area contributed by atoms with Gasteiger partial charge in [-0.3, -0.25) is 14.6 Å². The van der Waals surface area contributed by atoms with Crippen molar-refractivity contribution < 1.29 is 28.5 Å². The summed E-state index contributed by atoms with van der Waals surface area (Å²) in [5.74, 6) is 3.07. The van der Waals surface area contributed by atoms with E-state index in [4.69, 9.17) is 23.9 Å². The molecular formula is C54H69N3O6. The number of hydrogen-bond donors (Lipinski definition) is 2. The van der Waals surface area contributed by atoms with Crippen LogP contribution in [0.25, 0.3) is 0 Å². The molecule has 336 valence electrons. The zero-order valence-electron chi connectivity index (χ0n) is 39.1. The summed E-state index contributed by atoms with van der Waals surface area (Å²) in [5, 5.41) is 7.24. The molecule has 0 aliphatic rings. The van der Waals surface area contributed by atoms with E-state index in [-0.39, 0.29) is 24.8 Å². The number of hydrogen-bond acceptors (Lipinski definition) is 9. The molecular weight excluding hydrogens is 787 g/mol. The first kappa shape index (κ1) is 48.2. The molecule has 5 aromatic rings. The maximum absolute atomic E-state index is 12.9. The fraction of sp³-hybridized carbons (Fsp3) is 0.426. The molecule has 0 spiro atoms. The van der Waals surface area contributed by atoms with Crippen molar-refractivity contribution in [3.63, 3.8) is 0 Å². The van der Waals surface area contributed by atoms with Crippen molar-refractivity contribution in [2.45, 2.75) is 107 Å². The third kappa shape index (κ3) is 13.3. The van der Waals surface area contributed by atoms with Crippen molar-refractivity contribution in [1.82, 2.24) is 4.98 Å². The van der Waals surface area contributed by atoms with Crippen molar-refractivity contribution in [2.75, 3.05) is 37.9 Å². The van der Waals surface area contributed by atoms with Gasteiger partial charge in [0.2, 0.25) is 0 Å². The molecule has 63 heavy (non-hydrogen) atoms. The molecule has 3 unspecified atom stereocenters. The standard InChI is InChI=1S/C54H69N3O6/c1-10-19-39(26-42-22-16-14-20-40(42)12-3)32-55-49-30-53(51(60-8)28-47(49)37(6)58)62-34-45-24-18-25-46(57-45)35-63-54-31-50(48(38(7)59)29-52(54)61-9)56-33-44(36(5)11-2)27-43-23-17-15-21-41(43)13-4/h14-18,20-25,28-31,36,39,44,55-56H,10-13,19,26-27,32-35H2,1-9H3. The van der Waals surface area contributed by atoms with Crippen LogP contribution in [0.2, 0.25) is 0 Å². The molecule has 2 N–H and O–H groups in total. The van der Waals surface area contributed by atoms with Crippen molar-refractivity contribution in [3.05, 3.63) is 136 Å². The van der Waals surface area contributed by atoms with E-state index in [9.17, 15) is 9.59 Å². The second kappa shape index (κ2) is 24.1. The van der Waals surface area contributed by atoms with Crippen LogP contribution in [0.5, 0.6) is 23.0 Å². The third-order valence-electron chi connectivity index (χ3n) is 12.3. The Morgan fingerprint density at radius 2 is 1.08 bits per heavy atom. The summed E-state index contributed by atoms with van der Waals surface area (Å²) in [6, 6.07) is 30.3. The van der Waals surface area contributed by atoms with Crippen molar-refractivity contribution >= 4 is 22.9 Å². The average Bonchev–Trinajstić information content (AvgIpc) is 3.30. The Hall–Kier alpha value is -5.83. The lowest BCUT2D eigenvalue weighted by molar-refractivity contribution is 0.100. The van der Waals surface area contributed by atoms with Crippen LogP contribution < -0.4 is 29.6 Å². The lowest BCUT2D eigenvalue weighted by atomic mass is 9.84. The second-order valence-electron chi connectivity index (χ2n) is 16.6. The highest BCUT2D eigenvalue weighted by atomic mass is 16.5. The van der Waals surface area contributed by atoms with E-state index in [1.165, 1.54) is 22.3 Å². The van der Waals surface area contributed by atoms with Crippen LogP contribution in [0.1, 0.15) is 122 Å². The summed E-state index contributed by atoms with van der Waals surface area (Å²) in [4.78, 5) is 30.6. The van der Waals surface area contributed by atoms with Crippen molar-refractivity contribution in [2.24, 2.45) is 17.8 Å². The lowest BCUT2D eigenvalue weighted by Gasteiger charge is -2.26. The minimum Gasteiger partial charge on any atom is -0.493 e. The third-order valence-corrected chi connectivity index (χ3v) is 12.3. The minimum absolute atomic E-state index is 0.0561. The summed E-state index contributed by atoms with van der Waals surface area (Å²) >= 11 is 0. The molecule has 0 aliphatic heterocycles. The summed E-state index contributed by atoms with van der Waals surface area (Å²) in [6.07, 6.45) is 7.10. The number of Topliss-reactive ketones (excluding diaryl/α,β-unsaturated/α-hetero) is 2. The van der Waals surface area contributed by atoms with Gasteiger partial charge in [0.05, 0.1) is 25.6 Å². The van der Waals surface area contributed by atoms with Gasteiger partial charge >= 0.3 is 0 Å². The normalized spacial score (nSPS) is 12.5. The number of ketones is 2. The molecule has 4 aromatic carbocycles. The molecule has 9 heteroatoms. The predicted molar refractivity (Wildman–Crippen MR) is 256 cm³/mol. The molecule has 5 rings (SSSR count). The van der Waals surface area contributed by atoms with E-state index in [1.807, 2.05) is 30.3 Å². The van der Waals surface area contributed by atoms with Crippen LogP contribution in [0.4, 0.5) is 11.4 Å². The number of benzene rings is 4. The van der Waals surface area contributed by atoms with Crippen LogP contribution in [0.3, 0.4) is 0 Å². The van der Waals surface area contributed by atoms with E-state index < -0.39 is 0 Å². The van der Waals surface area contributed by atoms with Crippen LogP contribution in [0, 0.1) is 17.8 Å². The molecule has 0 amide bonds. The van der Waals surface area contributed by atoms with Gasteiger partial charge in [-0.15, -0.1) is 0 Å². The monoisotopic (exact) mass is 856 g/mol. The summed E-state index contributed by atoms with van der Waals surface area (Å²) in [7, 11) is 3.15. The number of ether oxygens (including phenoxy) is 4. The molecule has 0 bridgehead atoms. The topological polar surface area (TPSA) is 108 Å². The maximum atomic E-state index is 12.9. The molecule has 0 aliphatic carbocycles. The number of aromatic nitrogens is 1. The Balaban J connectivity index is 1.29. The molecule has 1 aromatic heterocycles. The van der Waals surface area contributed by atoms with Gasteiger partial charge in [-0.05, 0) is 110 Å². The van der Waals surface area contributed by atoms with Gasteiger partial charge in [0.15, 0.2) is 34.6 Å². The van der Waals surface area contributed by atoms with Gasteiger partial charge in [-0.25, -0.2) is 0 Å². The molecule has 9 nitrogen and oxygen atoms in total. The Bertz CT molecular complexity index is 2270. The highest BCUT2D eigenvalue weighted by molar-refractivity contribution is 6.01. The van der Waals surface area contributed by atoms with Gasteiger partial charge in [-0.2, -0.15) is 0 Å². The van der Waals surface area contributed by atoms with Crippen LogP contribution in [0.15, 0.2) is 91.0 Å². The predicted octanol–water partition coefficient (Wildman–Crippen LogP) is 12.2. The highest BCUT2D eigenvalue weighted by Crippen LogP contribution is 2.37. The van der Waals surface area contributed by atoms with Crippen molar-refractivity contribution in [1.29, 1.82) is 0 Å². The summed E-state index contributed by atoms with van der Waals surface area (Å²) in [5.41, 5.74) is 9.44. The smallest absolute Gasteiger partial charge is 0.163 e. The quantitative estimate of drug-likeness (QED) is 0.0526. The second-order valence-corrected chi connectivity index (χ2v) is 16.6. The van der Waals surface area contributed by atoms with Crippen LogP contribution in [-0.2, 0) is 38.9 Å². The molecule has 0 radical (unpaired) electrons. The molecule has 0 saturated heterocycles. The number of carbonyl (C=O) groups excluding carboxylic acids is 2. The number of methoxy groups -OCH3 is 2. The number of nitrogens with zero attached hydrogens (tertiary/aromatic N) is 1. The number of aryl methyl sites for hydroxylation is 2. The Labute approximate surface area is 376 Å². The maximum Gasteiger partial charge on any atom is 0.163 e. The number of rotatable bonds is 26. The van der Waals surface area contributed by atoms with E-state index in [0.717, 1.165) is 44.9 Å². The van der Waals surface area contributed by atoms with Crippen LogP contribution in [-0.4, -0.2) is 43.9 Å². The molecule has 1 heterocycles. The van der Waals surface area contributed by atoms with Gasteiger partial charge in [-0.1, -0.05) is 102 Å². The number of carbonyl (C=O) groups is 2. The van der Waals surface area contributed by atoms with E-state index in [0.29, 0.717) is 87.7 Å².